The molecule has 0 saturated heterocycles. The second kappa shape index (κ2) is 6.19. The van der Waals surface area contributed by atoms with E-state index in [1.165, 1.54) is 18.3 Å². The van der Waals surface area contributed by atoms with Crippen molar-refractivity contribution in [2.45, 2.75) is 11.8 Å². The van der Waals surface area contributed by atoms with Gasteiger partial charge in [-0.2, -0.15) is 13.5 Å². The van der Waals surface area contributed by atoms with Gasteiger partial charge >= 0.3 is 0 Å². The molecule has 0 bridgehead atoms. The van der Waals surface area contributed by atoms with Crippen LogP contribution in [0.4, 0.5) is 0 Å². The second-order valence-corrected chi connectivity index (χ2v) is 6.74. The molecule has 6 heteroatoms. The van der Waals surface area contributed by atoms with E-state index in [1.807, 2.05) is 31.2 Å². The first kappa shape index (κ1) is 14.7. The fourth-order valence-electron chi connectivity index (χ4n) is 1.56. The molecular weight excluding hydrogens is 340 g/mol. The number of nitrogens with zero attached hydrogens (tertiary/aromatic N) is 1. The summed E-state index contributed by atoms with van der Waals surface area (Å²) in [5, 5.41) is 3.80. The highest BCUT2D eigenvalue weighted by molar-refractivity contribution is 9.10. The number of hydrogen-bond acceptors (Lipinski definition) is 3. The molecule has 0 heterocycles. The second-order valence-electron chi connectivity index (χ2n) is 4.16. The number of halogens is 1. The van der Waals surface area contributed by atoms with E-state index in [0.717, 1.165) is 15.6 Å². The van der Waals surface area contributed by atoms with Crippen LogP contribution in [0.1, 0.15) is 11.1 Å². The summed E-state index contributed by atoms with van der Waals surface area (Å²) in [4.78, 5) is 2.37. The van der Waals surface area contributed by atoms with Crippen molar-refractivity contribution in [3.05, 3.63) is 64.1 Å². The van der Waals surface area contributed by atoms with Crippen LogP contribution in [-0.2, 0) is 10.0 Å². The van der Waals surface area contributed by atoms with E-state index in [4.69, 9.17) is 0 Å². The molecule has 0 atom stereocenters. The van der Waals surface area contributed by atoms with E-state index in [0.29, 0.717) is 0 Å². The normalized spacial score (nSPS) is 11.7. The molecule has 1 N–H and O–H groups in total. The molecule has 0 aliphatic heterocycles. The number of hydrogen-bond donors (Lipinski definition) is 1. The monoisotopic (exact) mass is 352 g/mol. The number of aryl methyl sites for hydroxylation is 1. The van der Waals surface area contributed by atoms with Gasteiger partial charge in [-0.3, -0.25) is 0 Å². The summed E-state index contributed by atoms with van der Waals surface area (Å²) in [6, 6.07) is 13.9. The Kier molecular flexibility index (Phi) is 4.57. The van der Waals surface area contributed by atoms with Crippen molar-refractivity contribution in [1.29, 1.82) is 0 Å². The predicted molar refractivity (Wildman–Crippen MR) is 83.2 cm³/mol. The van der Waals surface area contributed by atoms with Gasteiger partial charge in [-0.05, 0) is 42.3 Å². The highest BCUT2D eigenvalue weighted by Gasteiger charge is 2.11. The first-order chi connectivity index (χ1) is 9.49. The third-order valence-corrected chi connectivity index (χ3v) is 4.46. The van der Waals surface area contributed by atoms with Crippen LogP contribution in [0.3, 0.4) is 0 Å². The molecular formula is C14H13BrN2O2S. The lowest BCUT2D eigenvalue weighted by Crippen LogP contribution is -2.18. The van der Waals surface area contributed by atoms with Gasteiger partial charge in [0.25, 0.3) is 10.0 Å². The highest BCUT2D eigenvalue weighted by atomic mass is 79.9. The fraction of sp³-hybridized carbons (Fsp3) is 0.0714. The van der Waals surface area contributed by atoms with Crippen LogP contribution in [0, 0.1) is 6.92 Å². The van der Waals surface area contributed by atoms with Crippen molar-refractivity contribution in [1.82, 2.24) is 4.83 Å². The maximum Gasteiger partial charge on any atom is 0.276 e. The van der Waals surface area contributed by atoms with E-state index in [2.05, 4.69) is 25.9 Å². The Morgan fingerprint density at radius 1 is 1.10 bits per heavy atom. The van der Waals surface area contributed by atoms with Gasteiger partial charge in [0, 0.05) is 4.47 Å². The van der Waals surface area contributed by atoms with E-state index < -0.39 is 10.0 Å². The Balaban J connectivity index is 2.14. The SMILES string of the molecule is Cc1ccccc1/C=N/NS(=O)(=O)c1ccc(Br)cc1. The standard InChI is InChI=1S/C14H13BrN2O2S/c1-11-4-2-3-5-12(11)10-16-17-20(18,19)14-8-6-13(15)7-9-14/h2-10,17H,1H3/b16-10+. The van der Waals surface area contributed by atoms with Crippen molar-refractivity contribution in [2.24, 2.45) is 5.10 Å². The quantitative estimate of drug-likeness (QED) is 0.678. The summed E-state index contributed by atoms with van der Waals surface area (Å²) < 4.78 is 24.8. The minimum absolute atomic E-state index is 0.169. The Hall–Kier alpha value is -1.66. The molecule has 20 heavy (non-hydrogen) atoms. The molecule has 0 aromatic heterocycles. The summed E-state index contributed by atoms with van der Waals surface area (Å²) in [6.07, 6.45) is 1.49. The van der Waals surface area contributed by atoms with Crippen molar-refractivity contribution in [3.63, 3.8) is 0 Å². The largest absolute Gasteiger partial charge is 0.276 e. The van der Waals surface area contributed by atoms with Gasteiger partial charge in [-0.25, -0.2) is 4.83 Å². The minimum atomic E-state index is -3.63. The van der Waals surface area contributed by atoms with Crippen LogP contribution in [0.5, 0.6) is 0 Å². The van der Waals surface area contributed by atoms with Crippen molar-refractivity contribution in [3.8, 4) is 0 Å². The third kappa shape index (κ3) is 3.68. The molecule has 2 aromatic rings. The number of rotatable bonds is 4. The number of sulfonamides is 1. The molecule has 0 unspecified atom stereocenters. The van der Waals surface area contributed by atoms with Gasteiger partial charge in [-0.1, -0.05) is 40.2 Å². The fourth-order valence-corrected chi connectivity index (χ4v) is 2.62. The zero-order valence-electron chi connectivity index (χ0n) is 10.7. The van der Waals surface area contributed by atoms with Crippen LogP contribution in [0.2, 0.25) is 0 Å². The molecule has 2 rings (SSSR count). The van der Waals surface area contributed by atoms with Crippen LogP contribution in [-0.4, -0.2) is 14.6 Å². The van der Waals surface area contributed by atoms with Crippen LogP contribution < -0.4 is 4.83 Å². The molecule has 0 saturated carbocycles. The summed E-state index contributed by atoms with van der Waals surface area (Å²) in [5.41, 5.74) is 1.89. The van der Waals surface area contributed by atoms with Gasteiger partial charge in [0.1, 0.15) is 0 Å². The predicted octanol–water partition coefficient (Wildman–Crippen LogP) is 3.07. The van der Waals surface area contributed by atoms with Gasteiger partial charge in [0.15, 0.2) is 0 Å². The van der Waals surface area contributed by atoms with Gasteiger partial charge in [-0.15, -0.1) is 0 Å². The zero-order chi connectivity index (χ0) is 14.6. The first-order valence-corrected chi connectivity index (χ1v) is 8.13. The molecule has 0 fully saturated rings. The minimum Gasteiger partial charge on any atom is -0.200 e. The summed E-state index contributed by atoms with van der Waals surface area (Å²) in [6.45, 7) is 1.94. The topological polar surface area (TPSA) is 58.5 Å². The van der Waals surface area contributed by atoms with Crippen molar-refractivity contribution in [2.75, 3.05) is 0 Å². The Labute approximate surface area is 126 Å². The maximum atomic E-state index is 12.0. The smallest absolute Gasteiger partial charge is 0.200 e. The molecule has 0 radical (unpaired) electrons. The van der Waals surface area contributed by atoms with E-state index in [-0.39, 0.29) is 4.90 Å². The van der Waals surface area contributed by atoms with Crippen LogP contribution in [0.25, 0.3) is 0 Å². The average molecular weight is 353 g/mol. The summed E-state index contributed by atoms with van der Waals surface area (Å²) in [7, 11) is -3.63. The lowest BCUT2D eigenvalue weighted by Gasteiger charge is -2.03. The van der Waals surface area contributed by atoms with Gasteiger partial charge in [0.05, 0.1) is 11.1 Å². The molecule has 0 aliphatic carbocycles. The lowest BCUT2D eigenvalue weighted by molar-refractivity contribution is 0.584. The number of hydrazone groups is 1. The Morgan fingerprint density at radius 3 is 2.40 bits per heavy atom. The Morgan fingerprint density at radius 2 is 1.75 bits per heavy atom. The maximum absolute atomic E-state index is 12.0. The molecule has 0 spiro atoms. The van der Waals surface area contributed by atoms with Crippen molar-refractivity contribution >= 4 is 32.2 Å². The summed E-state index contributed by atoms with van der Waals surface area (Å²) in [5.74, 6) is 0. The molecule has 104 valence electrons. The average Bonchev–Trinajstić information content (AvgIpc) is 2.41. The van der Waals surface area contributed by atoms with Crippen LogP contribution >= 0.6 is 15.9 Å². The first-order valence-electron chi connectivity index (χ1n) is 5.85. The summed E-state index contributed by atoms with van der Waals surface area (Å²) >= 11 is 3.26. The van der Waals surface area contributed by atoms with Gasteiger partial charge < -0.3 is 0 Å². The molecule has 0 aliphatic rings. The molecule has 0 amide bonds. The highest BCUT2D eigenvalue weighted by Crippen LogP contribution is 2.14. The van der Waals surface area contributed by atoms with E-state index in [9.17, 15) is 8.42 Å². The lowest BCUT2D eigenvalue weighted by atomic mass is 10.1. The zero-order valence-corrected chi connectivity index (χ0v) is 13.1. The molecule has 4 nitrogen and oxygen atoms in total. The third-order valence-electron chi connectivity index (χ3n) is 2.69. The van der Waals surface area contributed by atoms with Crippen LogP contribution in [0.15, 0.2) is 63.0 Å². The Bertz CT molecular complexity index is 725. The molecule has 2 aromatic carbocycles. The number of nitrogens with one attached hydrogen (secondary N) is 1. The number of benzene rings is 2. The van der Waals surface area contributed by atoms with Gasteiger partial charge in [0.2, 0.25) is 0 Å². The van der Waals surface area contributed by atoms with E-state index in [1.54, 1.807) is 12.1 Å². The van der Waals surface area contributed by atoms with E-state index >= 15 is 0 Å². The van der Waals surface area contributed by atoms with Crippen molar-refractivity contribution < 1.29 is 8.42 Å².